The van der Waals surface area contributed by atoms with Crippen molar-refractivity contribution in [2.75, 3.05) is 32.7 Å². The van der Waals surface area contributed by atoms with Crippen LogP contribution in [0.5, 0.6) is 5.75 Å². The Balaban J connectivity index is 1.56. The van der Waals surface area contributed by atoms with E-state index in [0.29, 0.717) is 18.7 Å². The Kier molecular flexibility index (Phi) is 7.38. The van der Waals surface area contributed by atoms with Gasteiger partial charge in [0.15, 0.2) is 0 Å². The molecule has 0 spiro atoms. The van der Waals surface area contributed by atoms with Gasteiger partial charge in [0.25, 0.3) is 0 Å². The van der Waals surface area contributed by atoms with Crippen molar-refractivity contribution in [2.45, 2.75) is 23.8 Å². The number of rotatable bonds is 7. The van der Waals surface area contributed by atoms with Gasteiger partial charge in [0, 0.05) is 32.7 Å². The monoisotopic (exact) mass is 480 g/mol. The Bertz CT molecular complexity index is 990. The maximum atomic E-state index is 12.7. The average Bonchev–Trinajstić information content (AvgIpc) is 2.73. The first-order chi connectivity index (χ1) is 15.0. The third-order valence-electron chi connectivity index (χ3n) is 5.07. The summed E-state index contributed by atoms with van der Waals surface area (Å²) in [5, 5.41) is 10.4. The molecule has 2 aromatic carbocycles. The molecule has 176 valence electrons. The molecule has 0 radical (unpaired) electrons. The van der Waals surface area contributed by atoms with E-state index >= 15 is 0 Å². The van der Waals surface area contributed by atoms with Crippen LogP contribution in [0.2, 0.25) is 0 Å². The summed E-state index contributed by atoms with van der Waals surface area (Å²) in [5.41, 5.74) is -0.435. The quantitative estimate of drug-likeness (QED) is 0.616. The van der Waals surface area contributed by atoms with Gasteiger partial charge in [0.2, 0.25) is 10.0 Å². The van der Waals surface area contributed by atoms with Crippen molar-refractivity contribution in [1.82, 2.24) is 9.21 Å². The molecule has 0 aliphatic carbocycles. The van der Waals surface area contributed by atoms with Crippen LogP contribution in [0.3, 0.4) is 0 Å². The van der Waals surface area contributed by atoms with E-state index in [1.165, 1.54) is 28.6 Å². The van der Waals surface area contributed by atoms with Gasteiger partial charge in [0.05, 0.1) is 16.6 Å². The number of sulfonamides is 1. The maximum Gasteiger partial charge on any atom is 0.416 e. The largest absolute Gasteiger partial charge is 0.435 e. The van der Waals surface area contributed by atoms with Crippen molar-refractivity contribution >= 4 is 10.0 Å². The molecule has 1 saturated heterocycles. The lowest BCUT2D eigenvalue weighted by Crippen LogP contribution is -2.49. The molecule has 1 N–H and O–H groups in total. The molecule has 1 aliphatic heterocycles. The third-order valence-corrected chi connectivity index (χ3v) is 6.98. The highest BCUT2D eigenvalue weighted by Crippen LogP contribution is 2.30. The molecule has 1 unspecified atom stereocenters. The second-order valence-electron chi connectivity index (χ2n) is 7.19. The highest BCUT2D eigenvalue weighted by atomic mass is 32.2. The summed E-state index contributed by atoms with van der Waals surface area (Å²) in [4.78, 5) is 1.62. The summed E-state index contributed by atoms with van der Waals surface area (Å²) in [6.07, 6.45) is -5.47. The summed E-state index contributed by atoms with van der Waals surface area (Å²) in [5.74, 6) is -0.0296. The SMILES string of the molecule is O=S(=O)(c1ccc(C(F)(F)F)cc1)N1CCN(CC(O)c2ccc(OC(F)F)cc2)CC1. The number of halogens is 5. The van der Waals surface area contributed by atoms with Gasteiger partial charge in [-0.2, -0.15) is 26.3 Å². The van der Waals surface area contributed by atoms with E-state index in [4.69, 9.17) is 0 Å². The number of alkyl halides is 5. The number of β-amino-alcohol motifs (C(OH)–C–C–N with tert-alkyl or cyclic N) is 1. The Labute approximate surface area is 181 Å². The molecular formula is C20H21F5N2O4S. The normalized spacial score (nSPS) is 17.5. The predicted molar refractivity (Wildman–Crippen MR) is 105 cm³/mol. The molecule has 0 amide bonds. The van der Waals surface area contributed by atoms with Crippen molar-refractivity contribution < 1.29 is 40.2 Å². The lowest BCUT2D eigenvalue weighted by molar-refractivity contribution is -0.137. The van der Waals surface area contributed by atoms with Crippen LogP contribution in [0.15, 0.2) is 53.4 Å². The predicted octanol–water partition coefficient (Wildman–Crippen LogP) is 3.35. The minimum absolute atomic E-state index is 0.0296. The second kappa shape index (κ2) is 9.69. The lowest BCUT2D eigenvalue weighted by Gasteiger charge is -2.35. The first-order valence-electron chi connectivity index (χ1n) is 9.59. The molecule has 1 fully saturated rings. The van der Waals surface area contributed by atoms with Crippen LogP contribution in [0, 0.1) is 0 Å². The fourth-order valence-corrected chi connectivity index (χ4v) is 4.76. The average molecular weight is 480 g/mol. The molecule has 32 heavy (non-hydrogen) atoms. The van der Waals surface area contributed by atoms with E-state index in [2.05, 4.69) is 4.74 Å². The number of aliphatic hydroxyl groups is 1. The number of hydrogen-bond acceptors (Lipinski definition) is 5. The van der Waals surface area contributed by atoms with Crippen molar-refractivity contribution in [2.24, 2.45) is 0 Å². The zero-order valence-corrected chi connectivity index (χ0v) is 17.5. The zero-order chi connectivity index (χ0) is 23.5. The van der Waals surface area contributed by atoms with E-state index in [9.17, 15) is 35.5 Å². The summed E-state index contributed by atoms with van der Waals surface area (Å²) in [6.45, 7) is -1.91. The van der Waals surface area contributed by atoms with Gasteiger partial charge in [-0.3, -0.25) is 4.90 Å². The summed E-state index contributed by atoms with van der Waals surface area (Å²) >= 11 is 0. The van der Waals surface area contributed by atoms with Gasteiger partial charge < -0.3 is 9.84 Å². The molecule has 0 bridgehead atoms. The van der Waals surface area contributed by atoms with Crippen molar-refractivity contribution in [3.63, 3.8) is 0 Å². The van der Waals surface area contributed by atoms with E-state index in [0.717, 1.165) is 24.3 Å². The van der Waals surface area contributed by atoms with Gasteiger partial charge in [0.1, 0.15) is 5.75 Å². The van der Waals surface area contributed by atoms with Gasteiger partial charge in [-0.15, -0.1) is 0 Å². The Morgan fingerprint density at radius 3 is 2.00 bits per heavy atom. The van der Waals surface area contributed by atoms with E-state index < -0.39 is 34.5 Å². The Hall–Kier alpha value is -2.28. The molecule has 1 atom stereocenters. The fraction of sp³-hybridized carbons (Fsp3) is 0.400. The van der Waals surface area contributed by atoms with Crippen LogP contribution >= 0.6 is 0 Å². The summed E-state index contributed by atoms with van der Waals surface area (Å²) in [6, 6.07) is 8.92. The van der Waals surface area contributed by atoms with Crippen LogP contribution in [-0.4, -0.2) is 62.1 Å². The second-order valence-corrected chi connectivity index (χ2v) is 9.13. The molecule has 12 heteroatoms. The molecule has 0 aromatic heterocycles. The van der Waals surface area contributed by atoms with Crippen molar-refractivity contribution in [3.05, 3.63) is 59.7 Å². The minimum Gasteiger partial charge on any atom is -0.435 e. The molecule has 3 rings (SSSR count). The van der Waals surface area contributed by atoms with E-state index in [1.54, 1.807) is 0 Å². The highest BCUT2D eigenvalue weighted by Gasteiger charge is 2.32. The lowest BCUT2D eigenvalue weighted by atomic mass is 10.1. The molecule has 6 nitrogen and oxygen atoms in total. The van der Waals surface area contributed by atoms with Gasteiger partial charge in [-0.1, -0.05) is 12.1 Å². The number of ether oxygens (including phenoxy) is 1. The number of aliphatic hydroxyl groups excluding tert-OH is 1. The van der Waals surface area contributed by atoms with Gasteiger partial charge >= 0.3 is 12.8 Å². The Morgan fingerprint density at radius 1 is 0.938 bits per heavy atom. The van der Waals surface area contributed by atoms with Crippen molar-refractivity contribution in [1.29, 1.82) is 0 Å². The van der Waals surface area contributed by atoms with E-state index in [-0.39, 0.29) is 30.3 Å². The maximum absolute atomic E-state index is 12.7. The van der Waals surface area contributed by atoms with E-state index in [1.807, 2.05) is 4.90 Å². The third kappa shape index (κ3) is 5.94. The van der Waals surface area contributed by atoms with Crippen LogP contribution in [0.4, 0.5) is 22.0 Å². The topological polar surface area (TPSA) is 70.1 Å². The van der Waals surface area contributed by atoms with Gasteiger partial charge in [-0.05, 0) is 42.0 Å². The first-order valence-corrected chi connectivity index (χ1v) is 11.0. The molecule has 1 heterocycles. The molecule has 0 saturated carbocycles. The molecular weight excluding hydrogens is 459 g/mol. The standard InChI is InChI=1S/C20H21F5N2O4S/c21-19(22)31-16-5-1-14(2-6-16)18(28)13-26-9-11-27(12-10-26)32(29,30)17-7-3-15(4-8-17)20(23,24)25/h1-8,18-19,28H,9-13H2. The summed E-state index contributed by atoms with van der Waals surface area (Å²) in [7, 11) is -3.94. The number of nitrogens with zero attached hydrogens (tertiary/aromatic N) is 2. The number of benzene rings is 2. The van der Waals surface area contributed by atoms with Crippen molar-refractivity contribution in [3.8, 4) is 5.75 Å². The molecule has 2 aromatic rings. The Morgan fingerprint density at radius 2 is 1.50 bits per heavy atom. The highest BCUT2D eigenvalue weighted by molar-refractivity contribution is 7.89. The van der Waals surface area contributed by atoms with Crippen LogP contribution < -0.4 is 4.74 Å². The van der Waals surface area contributed by atoms with Gasteiger partial charge in [-0.25, -0.2) is 8.42 Å². The molecule has 1 aliphatic rings. The smallest absolute Gasteiger partial charge is 0.416 e. The fourth-order valence-electron chi connectivity index (χ4n) is 3.34. The van der Waals surface area contributed by atoms with Crippen LogP contribution in [-0.2, 0) is 16.2 Å². The first kappa shape index (κ1) is 24.4. The number of piperazine rings is 1. The minimum atomic E-state index is -4.55. The number of hydrogen-bond donors (Lipinski definition) is 1. The van der Waals surface area contributed by atoms with Crippen LogP contribution in [0.25, 0.3) is 0 Å². The zero-order valence-electron chi connectivity index (χ0n) is 16.7. The van der Waals surface area contributed by atoms with Crippen LogP contribution in [0.1, 0.15) is 17.2 Å². The summed E-state index contributed by atoms with van der Waals surface area (Å²) < 4.78 is 93.4.